The lowest BCUT2D eigenvalue weighted by Crippen LogP contribution is -2.34. The summed E-state index contributed by atoms with van der Waals surface area (Å²) in [5.74, 6) is 0.0548. The molecule has 1 aliphatic rings. The smallest absolute Gasteiger partial charge is 0.257 e. The quantitative estimate of drug-likeness (QED) is 0.780. The maximum atomic E-state index is 13.3. The summed E-state index contributed by atoms with van der Waals surface area (Å²) in [6, 6.07) is 18.0. The first kappa shape index (κ1) is 17.5. The van der Waals surface area contributed by atoms with E-state index in [1.807, 2.05) is 64.3 Å². The molecule has 0 aliphatic carbocycles. The normalized spacial score (nSPS) is 14.8. The van der Waals surface area contributed by atoms with Gasteiger partial charge in [0.25, 0.3) is 5.91 Å². The van der Waals surface area contributed by atoms with E-state index in [1.165, 1.54) is 0 Å². The summed E-state index contributed by atoms with van der Waals surface area (Å²) >= 11 is 0. The maximum absolute atomic E-state index is 13.3. The van der Waals surface area contributed by atoms with E-state index in [1.54, 1.807) is 0 Å². The fraction of sp³-hybridized carbons (Fsp3) is 0.273. The van der Waals surface area contributed by atoms with Crippen LogP contribution in [0.3, 0.4) is 0 Å². The molecule has 2 aromatic carbocycles. The molecule has 0 spiro atoms. The highest BCUT2D eigenvalue weighted by molar-refractivity contribution is 6.00. The van der Waals surface area contributed by atoms with E-state index in [-0.39, 0.29) is 5.91 Å². The van der Waals surface area contributed by atoms with Crippen LogP contribution in [0, 0.1) is 6.92 Å². The zero-order chi connectivity index (χ0) is 18.6. The van der Waals surface area contributed by atoms with E-state index in [0.29, 0.717) is 5.56 Å². The van der Waals surface area contributed by atoms with Crippen LogP contribution in [0.4, 0.5) is 0 Å². The van der Waals surface area contributed by atoms with Crippen molar-refractivity contribution in [3.8, 4) is 16.9 Å². The number of amides is 1. The van der Waals surface area contributed by atoms with Crippen molar-refractivity contribution in [2.45, 2.75) is 13.3 Å². The van der Waals surface area contributed by atoms with Crippen LogP contribution < -0.4 is 5.32 Å². The summed E-state index contributed by atoms with van der Waals surface area (Å²) < 4.78 is 1.81. The highest BCUT2D eigenvalue weighted by Gasteiger charge is 2.24. The first-order valence-electron chi connectivity index (χ1n) is 9.45. The van der Waals surface area contributed by atoms with E-state index in [4.69, 9.17) is 5.10 Å². The average molecular weight is 360 g/mol. The molecule has 1 aromatic heterocycles. The van der Waals surface area contributed by atoms with Crippen LogP contribution >= 0.6 is 0 Å². The molecule has 1 saturated heterocycles. The first-order valence-corrected chi connectivity index (χ1v) is 9.45. The number of hydrogen-bond donors (Lipinski definition) is 1. The summed E-state index contributed by atoms with van der Waals surface area (Å²) in [5.41, 5.74) is 4.48. The van der Waals surface area contributed by atoms with Gasteiger partial charge in [0.15, 0.2) is 0 Å². The monoisotopic (exact) mass is 360 g/mol. The summed E-state index contributed by atoms with van der Waals surface area (Å²) in [7, 11) is 0. The van der Waals surface area contributed by atoms with E-state index < -0.39 is 0 Å². The molecule has 4 rings (SSSR count). The molecular formula is C22H24N4O. The number of rotatable bonds is 3. The van der Waals surface area contributed by atoms with Gasteiger partial charge in [-0.3, -0.25) is 4.79 Å². The number of nitrogens with one attached hydrogen (secondary N) is 1. The Labute approximate surface area is 159 Å². The molecular weight excluding hydrogens is 336 g/mol. The van der Waals surface area contributed by atoms with E-state index in [2.05, 4.69) is 18.3 Å². The number of carbonyl (C=O) groups excluding carboxylic acids is 1. The largest absolute Gasteiger partial charge is 0.337 e. The topological polar surface area (TPSA) is 50.2 Å². The average Bonchev–Trinajstić information content (AvgIpc) is 2.96. The Morgan fingerprint density at radius 3 is 2.59 bits per heavy atom. The van der Waals surface area contributed by atoms with Gasteiger partial charge < -0.3 is 10.2 Å². The van der Waals surface area contributed by atoms with Crippen molar-refractivity contribution in [3.63, 3.8) is 0 Å². The molecule has 0 atom stereocenters. The highest BCUT2D eigenvalue weighted by Crippen LogP contribution is 2.27. The number of benzene rings is 2. The number of hydrogen-bond acceptors (Lipinski definition) is 3. The molecule has 0 unspecified atom stereocenters. The molecule has 27 heavy (non-hydrogen) atoms. The Morgan fingerprint density at radius 2 is 1.78 bits per heavy atom. The number of carbonyl (C=O) groups is 1. The van der Waals surface area contributed by atoms with Crippen LogP contribution in [0.2, 0.25) is 0 Å². The molecule has 1 N–H and O–H groups in total. The third-order valence-corrected chi connectivity index (χ3v) is 4.99. The Kier molecular flexibility index (Phi) is 5.03. The van der Waals surface area contributed by atoms with Gasteiger partial charge in [-0.05, 0) is 37.6 Å². The summed E-state index contributed by atoms with van der Waals surface area (Å²) in [4.78, 5) is 15.3. The van der Waals surface area contributed by atoms with Crippen LogP contribution in [0.15, 0.2) is 60.8 Å². The number of aromatic nitrogens is 2. The lowest BCUT2D eigenvalue weighted by atomic mass is 10.0. The van der Waals surface area contributed by atoms with Gasteiger partial charge in [-0.25, -0.2) is 4.68 Å². The Balaban J connectivity index is 1.80. The second-order valence-electron chi connectivity index (χ2n) is 6.88. The third-order valence-electron chi connectivity index (χ3n) is 4.99. The highest BCUT2D eigenvalue weighted by atomic mass is 16.2. The lowest BCUT2D eigenvalue weighted by Gasteiger charge is -2.19. The first-order chi connectivity index (χ1) is 13.2. The van der Waals surface area contributed by atoms with Crippen molar-refractivity contribution < 1.29 is 4.79 Å². The lowest BCUT2D eigenvalue weighted by molar-refractivity contribution is 0.0767. The molecule has 3 aromatic rings. The summed E-state index contributed by atoms with van der Waals surface area (Å²) in [5, 5.41) is 8.16. The number of para-hydroxylation sites is 1. The molecule has 0 radical (unpaired) electrons. The van der Waals surface area contributed by atoms with Gasteiger partial charge in [-0.15, -0.1) is 0 Å². The SMILES string of the molecule is Cc1ccccc1-c1nn(-c2ccccc2)cc1C(=O)N1CCCNCC1. The van der Waals surface area contributed by atoms with Gasteiger partial charge in [-0.2, -0.15) is 5.10 Å². The Bertz CT molecular complexity index is 924. The third kappa shape index (κ3) is 3.64. The maximum Gasteiger partial charge on any atom is 0.257 e. The van der Waals surface area contributed by atoms with Gasteiger partial charge >= 0.3 is 0 Å². The van der Waals surface area contributed by atoms with Gasteiger partial charge in [0, 0.05) is 31.4 Å². The minimum Gasteiger partial charge on any atom is -0.337 e. The molecule has 0 saturated carbocycles. The van der Waals surface area contributed by atoms with Gasteiger partial charge in [0.05, 0.1) is 11.3 Å². The number of aryl methyl sites for hydroxylation is 1. The zero-order valence-electron chi connectivity index (χ0n) is 15.6. The van der Waals surface area contributed by atoms with Gasteiger partial charge in [0.2, 0.25) is 0 Å². The van der Waals surface area contributed by atoms with Crippen molar-refractivity contribution in [2.75, 3.05) is 26.2 Å². The van der Waals surface area contributed by atoms with Crippen LogP contribution in [0.25, 0.3) is 16.9 Å². The fourth-order valence-corrected chi connectivity index (χ4v) is 3.50. The molecule has 2 heterocycles. The molecule has 138 valence electrons. The van der Waals surface area contributed by atoms with Crippen molar-refractivity contribution in [1.82, 2.24) is 20.0 Å². The van der Waals surface area contributed by atoms with Crippen molar-refractivity contribution in [2.24, 2.45) is 0 Å². The van der Waals surface area contributed by atoms with Crippen molar-refractivity contribution >= 4 is 5.91 Å². The zero-order valence-corrected chi connectivity index (χ0v) is 15.6. The molecule has 1 amide bonds. The second kappa shape index (κ2) is 7.76. The molecule has 5 heteroatoms. The standard InChI is InChI=1S/C22H24N4O/c1-17-8-5-6-11-19(17)21-20(22(27)25-14-7-12-23-13-15-25)16-26(24-21)18-9-3-2-4-10-18/h2-6,8-11,16,23H,7,12-15H2,1H3. The molecule has 1 aliphatic heterocycles. The van der Waals surface area contributed by atoms with Crippen LogP contribution in [-0.2, 0) is 0 Å². The van der Waals surface area contributed by atoms with E-state index >= 15 is 0 Å². The van der Waals surface area contributed by atoms with Crippen molar-refractivity contribution in [3.05, 3.63) is 71.9 Å². The molecule has 0 bridgehead atoms. The van der Waals surface area contributed by atoms with Crippen LogP contribution in [0.5, 0.6) is 0 Å². The predicted octanol–water partition coefficient (Wildman–Crippen LogP) is 3.28. The molecule has 5 nitrogen and oxygen atoms in total. The van der Waals surface area contributed by atoms with Crippen LogP contribution in [-0.4, -0.2) is 46.8 Å². The molecule has 1 fully saturated rings. The summed E-state index contributed by atoms with van der Waals surface area (Å²) in [6.45, 7) is 5.34. The minimum absolute atomic E-state index is 0.0548. The van der Waals surface area contributed by atoms with Crippen molar-refractivity contribution in [1.29, 1.82) is 0 Å². The van der Waals surface area contributed by atoms with E-state index in [0.717, 1.165) is 55.1 Å². The van der Waals surface area contributed by atoms with E-state index in [9.17, 15) is 4.79 Å². The van der Waals surface area contributed by atoms with Crippen LogP contribution in [0.1, 0.15) is 22.3 Å². The minimum atomic E-state index is 0.0548. The summed E-state index contributed by atoms with van der Waals surface area (Å²) in [6.07, 6.45) is 2.84. The second-order valence-corrected chi connectivity index (χ2v) is 6.88. The Hall–Kier alpha value is -2.92. The van der Waals surface area contributed by atoms with Gasteiger partial charge in [-0.1, -0.05) is 42.5 Å². The fourth-order valence-electron chi connectivity index (χ4n) is 3.50. The number of nitrogens with zero attached hydrogens (tertiary/aromatic N) is 3. The van der Waals surface area contributed by atoms with Gasteiger partial charge in [0.1, 0.15) is 5.69 Å². The Morgan fingerprint density at radius 1 is 1.00 bits per heavy atom. The predicted molar refractivity (Wildman–Crippen MR) is 107 cm³/mol.